The summed E-state index contributed by atoms with van der Waals surface area (Å²) < 4.78 is 0. The molecule has 1 fully saturated rings. The summed E-state index contributed by atoms with van der Waals surface area (Å²) in [5.41, 5.74) is 1.14. The molecule has 2 N–H and O–H groups in total. The molecule has 0 bridgehead atoms. The Morgan fingerprint density at radius 2 is 2.00 bits per heavy atom. The van der Waals surface area contributed by atoms with Gasteiger partial charge in [0, 0.05) is 6.04 Å². The molecule has 0 radical (unpaired) electrons. The van der Waals surface area contributed by atoms with E-state index < -0.39 is 0 Å². The Balaban J connectivity index is 1.67. The second kappa shape index (κ2) is 8.65. The number of likely N-dealkylation sites (tertiary alicyclic amines) is 1. The highest BCUT2D eigenvalue weighted by molar-refractivity contribution is 5.87. The molecule has 2 aromatic rings. The maximum atomic E-state index is 12.7. The molecular formula is C22H30N2O2. The van der Waals surface area contributed by atoms with Crippen LogP contribution in [0.2, 0.25) is 0 Å². The molecule has 4 heteroatoms. The van der Waals surface area contributed by atoms with Gasteiger partial charge in [-0.2, -0.15) is 0 Å². The predicted octanol–water partition coefficient (Wildman–Crippen LogP) is 3.64. The number of carbonyl (C=O) groups is 1. The van der Waals surface area contributed by atoms with Crippen molar-refractivity contribution in [2.24, 2.45) is 0 Å². The van der Waals surface area contributed by atoms with E-state index in [-0.39, 0.29) is 24.1 Å². The molecule has 3 atom stereocenters. The van der Waals surface area contributed by atoms with Gasteiger partial charge in [0.05, 0.1) is 18.7 Å². The van der Waals surface area contributed by atoms with Crippen molar-refractivity contribution in [3.8, 4) is 0 Å². The SMILES string of the molecule is CCC(O)C1CCCCN1CC(=O)NC(C)c1cccc2ccccc12. The van der Waals surface area contributed by atoms with Gasteiger partial charge in [0.25, 0.3) is 0 Å². The minimum Gasteiger partial charge on any atom is -0.392 e. The van der Waals surface area contributed by atoms with Crippen molar-refractivity contribution >= 4 is 16.7 Å². The highest BCUT2D eigenvalue weighted by Crippen LogP contribution is 2.24. The first kappa shape index (κ1) is 18.9. The first-order chi connectivity index (χ1) is 12.6. The van der Waals surface area contributed by atoms with Gasteiger partial charge in [-0.05, 0) is 49.1 Å². The van der Waals surface area contributed by atoms with Gasteiger partial charge in [0.15, 0.2) is 0 Å². The van der Waals surface area contributed by atoms with Crippen LogP contribution in [0.4, 0.5) is 0 Å². The fourth-order valence-corrected chi connectivity index (χ4v) is 4.10. The molecule has 3 unspecified atom stereocenters. The number of nitrogens with one attached hydrogen (secondary N) is 1. The largest absolute Gasteiger partial charge is 0.392 e. The number of aliphatic hydroxyl groups excluding tert-OH is 1. The second-order valence-corrected chi connectivity index (χ2v) is 7.37. The quantitative estimate of drug-likeness (QED) is 0.833. The molecule has 3 rings (SSSR count). The maximum absolute atomic E-state index is 12.7. The van der Waals surface area contributed by atoms with Gasteiger partial charge in [0.2, 0.25) is 5.91 Å². The Bertz CT molecular complexity index is 741. The number of piperidine rings is 1. The summed E-state index contributed by atoms with van der Waals surface area (Å²) >= 11 is 0. The van der Waals surface area contributed by atoms with E-state index in [1.807, 2.05) is 32.0 Å². The Hall–Kier alpha value is -1.91. The van der Waals surface area contributed by atoms with E-state index in [2.05, 4.69) is 34.5 Å². The summed E-state index contributed by atoms with van der Waals surface area (Å²) in [6.07, 6.45) is 3.58. The zero-order valence-electron chi connectivity index (χ0n) is 15.8. The van der Waals surface area contributed by atoms with E-state index in [0.717, 1.165) is 37.8 Å². The number of hydrogen-bond donors (Lipinski definition) is 2. The molecule has 0 saturated carbocycles. The van der Waals surface area contributed by atoms with Crippen molar-refractivity contribution in [3.63, 3.8) is 0 Å². The number of benzene rings is 2. The lowest BCUT2D eigenvalue weighted by molar-refractivity contribution is -0.124. The van der Waals surface area contributed by atoms with Crippen LogP contribution in [-0.2, 0) is 4.79 Å². The van der Waals surface area contributed by atoms with Crippen molar-refractivity contribution in [2.75, 3.05) is 13.1 Å². The maximum Gasteiger partial charge on any atom is 0.234 e. The fraction of sp³-hybridized carbons (Fsp3) is 0.500. The number of nitrogens with zero attached hydrogens (tertiary/aromatic N) is 1. The summed E-state index contributed by atoms with van der Waals surface area (Å²) in [5.74, 6) is 0.0284. The van der Waals surface area contributed by atoms with Crippen molar-refractivity contribution in [2.45, 2.75) is 57.7 Å². The van der Waals surface area contributed by atoms with E-state index in [4.69, 9.17) is 0 Å². The lowest BCUT2D eigenvalue weighted by atomic mass is 9.96. The Labute approximate surface area is 156 Å². The number of rotatable bonds is 6. The van der Waals surface area contributed by atoms with Gasteiger partial charge in [-0.3, -0.25) is 9.69 Å². The highest BCUT2D eigenvalue weighted by atomic mass is 16.3. The number of fused-ring (bicyclic) bond motifs is 1. The third-order valence-corrected chi connectivity index (χ3v) is 5.54. The Kier molecular flexibility index (Phi) is 6.28. The first-order valence-electron chi connectivity index (χ1n) is 9.79. The average Bonchev–Trinajstić information content (AvgIpc) is 2.67. The molecule has 1 aliphatic heterocycles. The normalized spacial score (nSPS) is 20.7. The van der Waals surface area contributed by atoms with Gasteiger partial charge in [-0.25, -0.2) is 0 Å². The minimum absolute atomic E-state index is 0.0284. The lowest BCUT2D eigenvalue weighted by Gasteiger charge is -2.38. The molecule has 1 heterocycles. The van der Waals surface area contributed by atoms with Crippen LogP contribution >= 0.6 is 0 Å². The van der Waals surface area contributed by atoms with E-state index in [9.17, 15) is 9.90 Å². The molecule has 1 amide bonds. The fourth-order valence-electron chi connectivity index (χ4n) is 4.10. The molecule has 0 aliphatic carbocycles. The van der Waals surface area contributed by atoms with Crippen molar-refractivity contribution in [1.82, 2.24) is 10.2 Å². The number of amides is 1. The smallest absolute Gasteiger partial charge is 0.234 e. The average molecular weight is 354 g/mol. The van der Waals surface area contributed by atoms with Crippen LogP contribution < -0.4 is 5.32 Å². The molecule has 140 valence electrons. The third kappa shape index (κ3) is 4.25. The lowest BCUT2D eigenvalue weighted by Crippen LogP contribution is -2.50. The minimum atomic E-state index is -0.349. The van der Waals surface area contributed by atoms with Gasteiger partial charge in [-0.15, -0.1) is 0 Å². The van der Waals surface area contributed by atoms with Crippen LogP contribution in [0.15, 0.2) is 42.5 Å². The van der Waals surface area contributed by atoms with Gasteiger partial charge in [0.1, 0.15) is 0 Å². The van der Waals surface area contributed by atoms with E-state index in [1.165, 1.54) is 10.8 Å². The number of carbonyl (C=O) groups excluding carboxylic acids is 1. The van der Waals surface area contributed by atoms with E-state index in [1.54, 1.807) is 0 Å². The van der Waals surface area contributed by atoms with E-state index in [0.29, 0.717) is 6.54 Å². The van der Waals surface area contributed by atoms with Crippen molar-refractivity contribution in [3.05, 3.63) is 48.0 Å². The Morgan fingerprint density at radius 1 is 1.23 bits per heavy atom. The summed E-state index contributed by atoms with van der Waals surface area (Å²) in [6, 6.07) is 14.5. The van der Waals surface area contributed by atoms with Crippen LogP contribution in [-0.4, -0.2) is 41.1 Å². The third-order valence-electron chi connectivity index (χ3n) is 5.54. The standard InChI is InChI=1S/C22H30N2O2/c1-3-21(25)20-13-6-7-14-24(20)15-22(26)23-16(2)18-12-8-10-17-9-4-5-11-19(17)18/h4-5,8-12,16,20-21,25H,3,6-7,13-15H2,1-2H3,(H,23,26). The molecule has 0 aromatic heterocycles. The summed E-state index contributed by atoms with van der Waals surface area (Å²) in [6.45, 7) is 5.28. The Morgan fingerprint density at radius 3 is 2.81 bits per heavy atom. The molecular weight excluding hydrogens is 324 g/mol. The first-order valence-corrected chi connectivity index (χ1v) is 9.79. The monoisotopic (exact) mass is 354 g/mol. The molecule has 26 heavy (non-hydrogen) atoms. The van der Waals surface area contributed by atoms with E-state index >= 15 is 0 Å². The molecule has 0 spiro atoms. The topological polar surface area (TPSA) is 52.6 Å². The second-order valence-electron chi connectivity index (χ2n) is 7.37. The van der Waals surface area contributed by atoms with Gasteiger partial charge < -0.3 is 10.4 Å². The number of aliphatic hydroxyl groups is 1. The van der Waals surface area contributed by atoms with Crippen LogP contribution in [0.5, 0.6) is 0 Å². The molecule has 1 aliphatic rings. The van der Waals surface area contributed by atoms with Crippen molar-refractivity contribution in [1.29, 1.82) is 0 Å². The van der Waals surface area contributed by atoms with Crippen LogP contribution in [0.3, 0.4) is 0 Å². The van der Waals surface area contributed by atoms with Gasteiger partial charge >= 0.3 is 0 Å². The van der Waals surface area contributed by atoms with Gasteiger partial charge in [-0.1, -0.05) is 55.8 Å². The summed E-state index contributed by atoms with van der Waals surface area (Å²) in [7, 11) is 0. The summed E-state index contributed by atoms with van der Waals surface area (Å²) in [4.78, 5) is 14.8. The van der Waals surface area contributed by atoms with Crippen LogP contribution in [0.1, 0.15) is 51.1 Å². The molecule has 2 aromatic carbocycles. The zero-order valence-corrected chi connectivity index (χ0v) is 15.8. The molecule has 1 saturated heterocycles. The van der Waals surface area contributed by atoms with Crippen molar-refractivity contribution < 1.29 is 9.90 Å². The van der Waals surface area contributed by atoms with Crippen LogP contribution in [0.25, 0.3) is 10.8 Å². The summed E-state index contributed by atoms with van der Waals surface area (Å²) in [5, 5.41) is 15.8. The molecule has 4 nitrogen and oxygen atoms in total. The van der Waals surface area contributed by atoms with Crippen LogP contribution in [0, 0.1) is 0 Å². The highest BCUT2D eigenvalue weighted by Gasteiger charge is 2.29. The zero-order chi connectivity index (χ0) is 18.5. The number of hydrogen-bond acceptors (Lipinski definition) is 3. The predicted molar refractivity (Wildman–Crippen MR) is 106 cm³/mol.